The van der Waals surface area contributed by atoms with Crippen LogP contribution in [0.1, 0.15) is 21.1 Å². The third kappa shape index (κ3) is 5.93. The average Bonchev–Trinajstić information content (AvgIpc) is 3.54. The summed E-state index contributed by atoms with van der Waals surface area (Å²) in [4.78, 5) is 24.7. The first-order valence-electron chi connectivity index (χ1n) is 10.3. The molecule has 2 aromatic heterocycles. The van der Waals surface area contributed by atoms with Gasteiger partial charge >= 0.3 is 0 Å². The predicted molar refractivity (Wildman–Crippen MR) is 136 cm³/mol. The summed E-state index contributed by atoms with van der Waals surface area (Å²) < 4.78 is 11.1. The van der Waals surface area contributed by atoms with Crippen molar-refractivity contribution in [2.75, 3.05) is 0 Å². The molecule has 0 saturated carbocycles. The summed E-state index contributed by atoms with van der Waals surface area (Å²) in [7, 11) is 0. The minimum absolute atomic E-state index is 0.0134. The van der Waals surface area contributed by atoms with Gasteiger partial charge in [-0.3, -0.25) is 20.2 Å². The molecule has 36 heavy (non-hydrogen) atoms. The maximum absolute atomic E-state index is 12.4. The molecule has 2 heterocycles. The normalized spacial score (nSPS) is 11.8. The molecule has 10 nitrogen and oxygen atoms in total. The SMILES string of the molecule is NC(=NN=C(N)NC(=O)c1ccc(-c2ccccc2Cl)o1)NC(=O)c1ccc(-c2cccc(Cl)c2)o1. The Morgan fingerprint density at radius 2 is 1.31 bits per heavy atom. The van der Waals surface area contributed by atoms with Crippen LogP contribution in [-0.4, -0.2) is 23.7 Å². The molecule has 2 amide bonds. The summed E-state index contributed by atoms with van der Waals surface area (Å²) >= 11 is 12.1. The zero-order valence-corrected chi connectivity index (χ0v) is 19.9. The number of halogens is 2. The van der Waals surface area contributed by atoms with E-state index in [9.17, 15) is 9.59 Å². The van der Waals surface area contributed by atoms with Gasteiger partial charge in [0.1, 0.15) is 11.5 Å². The number of furan rings is 2. The first-order chi connectivity index (χ1) is 17.3. The van der Waals surface area contributed by atoms with Crippen molar-refractivity contribution in [2.24, 2.45) is 21.7 Å². The molecule has 0 fully saturated rings. The summed E-state index contributed by atoms with van der Waals surface area (Å²) in [6.07, 6.45) is 0. The average molecular weight is 525 g/mol. The largest absolute Gasteiger partial charge is 0.451 e. The molecule has 0 radical (unpaired) electrons. The Labute approximate surface area is 214 Å². The van der Waals surface area contributed by atoms with Gasteiger partial charge in [-0.25, -0.2) is 0 Å². The van der Waals surface area contributed by atoms with Gasteiger partial charge in [-0.1, -0.05) is 47.5 Å². The highest BCUT2D eigenvalue weighted by Gasteiger charge is 2.16. The van der Waals surface area contributed by atoms with E-state index in [1.165, 1.54) is 12.1 Å². The molecule has 182 valence electrons. The van der Waals surface area contributed by atoms with E-state index in [-0.39, 0.29) is 23.4 Å². The minimum atomic E-state index is -0.670. The number of rotatable bonds is 5. The highest BCUT2D eigenvalue weighted by Crippen LogP contribution is 2.29. The summed E-state index contributed by atoms with van der Waals surface area (Å²) in [5.74, 6) is -1.28. The molecular weight excluding hydrogens is 507 g/mol. The Kier molecular flexibility index (Phi) is 7.38. The van der Waals surface area contributed by atoms with Crippen LogP contribution >= 0.6 is 23.2 Å². The number of benzene rings is 2. The van der Waals surface area contributed by atoms with E-state index in [1.807, 2.05) is 0 Å². The van der Waals surface area contributed by atoms with E-state index >= 15 is 0 Å². The molecule has 4 aromatic rings. The van der Waals surface area contributed by atoms with Gasteiger partial charge in [-0.15, -0.1) is 10.2 Å². The lowest BCUT2D eigenvalue weighted by Gasteiger charge is -2.03. The summed E-state index contributed by atoms with van der Waals surface area (Å²) in [5.41, 5.74) is 12.7. The number of nitrogens with one attached hydrogen (secondary N) is 2. The van der Waals surface area contributed by atoms with Crippen LogP contribution in [0, 0.1) is 0 Å². The van der Waals surface area contributed by atoms with E-state index in [2.05, 4.69) is 20.8 Å². The van der Waals surface area contributed by atoms with Crippen molar-refractivity contribution in [3.63, 3.8) is 0 Å². The minimum Gasteiger partial charge on any atom is -0.451 e. The lowest BCUT2D eigenvalue weighted by Crippen LogP contribution is -2.38. The molecule has 0 unspecified atom stereocenters. The first-order valence-corrected chi connectivity index (χ1v) is 11.1. The Morgan fingerprint density at radius 3 is 1.92 bits per heavy atom. The second-order valence-electron chi connectivity index (χ2n) is 7.20. The molecule has 0 aliphatic rings. The number of carbonyl (C=O) groups excluding carboxylic acids is 2. The molecule has 0 bridgehead atoms. The van der Waals surface area contributed by atoms with Crippen LogP contribution in [0.25, 0.3) is 22.6 Å². The van der Waals surface area contributed by atoms with Crippen molar-refractivity contribution in [1.29, 1.82) is 0 Å². The number of guanidine groups is 2. The van der Waals surface area contributed by atoms with Crippen LogP contribution in [0.15, 0.2) is 91.8 Å². The zero-order chi connectivity index (χ0) is 25.7. The molecule has 2 aromatic carbocycles. The highest BCUT2D eigenvalue weighted by molar-refractivity contribution is 6.33. The number of amides is 2. The lowest BCUT2D eigenvalue weighted by molar-refractivity contribution is 0.0942. The maximum Gasteiger partial charge on any atom is 0.293 e. The summed E-state index contributed by atoms with van der Waals surface area (Å²) in [6.45, 7) is 0. The highest BCUT2D eigenvalue weighted by atomic mass is 35.5. The van der Waals surface area contributed by atoms with Gasteiger partial charge in [-0.05, 0) is 48.5 Å². The number of hydrogen-bond donors (Lipinski definition) is 4. The molecule has 4 rings (SSSR count). The Bertz CT molecular complexity index is 1490. The fourth-order valence-electron chi connectivity index (χ4n) is 3.04. The number of carbonyl (C=O) groups is 2. The smallest absolute Gasteiger partial charge is 0.293 e. The van der Waals surface area contributed by atoms with E-state index in [1.54, 1.807) is 60.7 Å². The van der Waals surface area contributed by atoms with Gasteiger partial charge in [0, 0.05) is 16.1 Å². The Hall–Kier alpha value is -4.54. The van der Waals surface area contributed by atoms with Crippen LogP contribution in [-0.2, 0) is 0 Å². The fraction of sp³-hybridized carbons (Fsp3) is 0. The van der Waals surface area contributed by atoms with Crippen LogP contribution in [0.4, 0.5) is 0 Å². The van der Waals surface area contributed by atoms with E-state index < -0.39 is 11.8 Å². The standard InChI is InChI=1S/C24H18Cl2N6O4/c25-14-5-3-4-13(12-14)17-8-10-19(35-17)21(33)29-23(27)31-32-24(28)30-22(34)20-11-9-18(36-20)15-6-1-2-7-16(15)26/h1-12H,(H3,27,29,31,33)(H3,28,30,32,34). The third-order valence-electron chi connectivity index (χ3n) is 4.66. The van der Waals surface area contributed by atoms with Gasteiger partial charge in [0.05, 0.1) is 5.02 Å². The quantitative estimate of drug-likeness (QED) is 0.173. The molecule has 0 aliphatic carbocycles. The maximum atomic E-state index is 12.4. The number of nitrogens with two attached hydrogens (primary N) is 2. The van der Waals surface area contributed by atoms with Gasteiger partial charge in [-0.2, -0.15) is 0 Å². The van der Waals surface area contributed by atoms with Gasteiger partial charge in [0.25, 0.3) is 11.8 Å². The molecule has 0 spiro atoms. The third-order valence-corrected chi connectivity index (χ3v) is 5.22. The van der Waals surface area contributed by atoms with E-state index in [0.717, 1.165) is 0 Å². The topological polar surface area (TPSA) is 161 Å². The fourth-order valence-corrected chi connectivity index (χ4v) is 3.46. The first kappa shape index (κ1) is 24.6. The number of hydrogen-bond acceptors (Lipinski definition) is 6. The van der Waals surface area contributed by atoms with Crippen molar-refractivity contribution in [2.45, 2.75) is 0 Å². The van der Waals surface area contributed by atoms with Gasteiger partial charge in [0.15, 0.2) is 11.5 Å². The molecular formula is C24H18Cl2N6O4. The molecule has 12 heteroatoms. The van der Waals surface area contributed by atoms with Crippen molar-refractivity contribution in [3.05, 3.63) is 94.4 Å². The van der Waals surface area contributed by atoms with Gasteiger partial charge < -0.3 is 20.3 Å². The number of nitrogens with zero attached hydrogens (tertiary/aromatic N) is 2. The molecule has 0 saturated heterocycles. The van der Waals surface area contributed by atoms with Crippen LogP contribution in [0.5, 0.6) is 0 Å². The van der Waals surface area contributed by atoms with E-state index in [0.29, 0.717) is 32.7 Å². The zero-order valence-electron chi connectivity index (χ0n) is 18.4. The monoisotopic (exact) mass is 524 g/mol. The second-order valence-corrected chi connectivity index (χ2v) is 8.04. The Morgan fingerprint density at radius 1 is 0.722 bits per heavy atom. The molecule has 0 atom stereocenters. The Balaban J connectivity index is 1.35. The van der Waals surface area contributed by atoms with Gasteiger partial charge in [0.2, 0.25) is 11.9 Å². The van der Waals surface area contributed by atoms with Crippen molar-refractivity contribution < 1.29 is 18.4 Å². The second kappa shape index (κ2) is 10.8. The van der Waals surface area contributed by atoms with Crippen molar-refractivity contribution >= 4 is 46.9 Å². The van der Waals surface area contributed by atoms with Crippen molar-refractivity contribution in [3.8, 4) is 22.6 Å². The van der Waals surface area contributed by atoms with Crippen LogP contribution in [0.2, 0.25) is 10.0 Å². The summed E-state index contributed by atoms with van der Waals surface area (Å²) in [6, 6.07) is 20.1. The summed E-state index contributed by atoms with van der Waals surface area (Å²) in [5, 5.41) is 12.8. The molecule has 6 N–H and O–H groups in total. The predicted octanol–water partition coefficient (Wildman–Crippen LogP) is 4.22. The van der Waals surface area contributed by atoms with Crippen LogP contribution in [0.3, 0.4) is 0 Å². The van der Waals surface area contributed by atoms with E-state index in [4.69, 9.17) is 43.5 Å². The van der Waals surface area contributed by atoms with Crippen LogP contribution < -0.4 is 22.1 Å². The lowest BCUT2D eigenvalue weighted by atomic mass is 10.2. The molecule has 0 aliphatic heterocycles. The van der Waals surface area contributed by atoms with Crippen molar-refractivity contribution in [1.82, 2.24) is 10.6 Å².